The van der Waals surface area contributed by atoms with Gasteiger partial charge in [-0.2, -0.15) is 0 Å². The minimum atomic E-state index is -0.425. The van der Waals surface area contributed by atoms with Crippen LogP contribution in [0.25, 0.3) is 11.6 Å². The molecule has 0 amide bonds. The predicted octanol–water partition coefficient (Wildman–Crippen LogP) is 9.32. The van der Waals surface area contributed by atoms with Crippen LogP contribution < -0.4 is 16.0 Å². The van der Waals surface area contributed by atoms with Crippen molar-refractivity contribution in [3.63, 3.8) is 0 Å². The maximum Gasteiger partial charge on any atom is 0.165 e. The molecule has 1 saturated carbocycles. The van der Waals surface area contributed by atoms with E-state index in [1.807, 2.05) is 20.8 Å². The van der Waals surface area contributed by atoms with Gasteiger partial charge in [0.15, 0.2) is 5.82 Å². The summed E-state index contributed by atoms with van der Waals surface area (Å²) in [4.78, 5) is 11.8. The van der Waals surface area contributed by atoms with Crippen LogP contribution in [0.5, 0.6) is 0 Å². The molecule has 232 valence electrons. The molecule has 0 aromatic carbocycles. The summed E-state index contributed by atoms with van der Waals surface area (Å²) < 4.78 is 15.0. The summed E-state index contributed by atoms with van der Waals surface area (Å²) in [7, 11) is 0. The lowest BCUT2D eigenvalue weighted by Gasteiger charge is -2.30. The van der Waals surface area contributed by atoms with Gasteiger partial charge in [0.1, 0.15) is 11.6 Å². The highest BCUT2D eigenvalue weighted by molar-refractivity contribution is 5.81. The van der Waals surface area contributed by atoms with Crippen LogP contribution in [-0.4, -0.2) is 36.1 Å². The Kier molecular flexibility index (Phi) is 21.4. The van der Waals surface area contributed by atoms with Gasteiger partial charge in [-0.25, -0.2) is 14.4 Å². The second kappa shape index (κ2) is 22.9. The molecule has 3 N–H and O–H groups in total. The molecule has 0 bridgehead atoms. The van der Waals surface area contributed by atoms with E-state index in [4.69, 9.17) is 15.7 Å². The summed E-state index contributed by atoms with van der Waals surface area (Å²) in [6, 6.07) is 0. The van der Waals surface area contributed by atoms with Gasteiger partial charge in [-0.15, -0.1) is 0 Å². The van der Waals surface area contributed by atoms with Gasteiger partial charge in [0.2, 0.25) is 0 Å². The highest BCUT2D eigenvalue weighted by atomic mass is 19.1. The molecule has 2 heterocycles. The fraction of sp³-hybridized carbons (Fsp3) is 0.600. The molecule has 2 aliphatic rings. The van der Waals surface area contributed by atoms with Crippen LogP contribution in [0.4, 0.5) is 10.2 Å². The molecule has 1 aliphatic carbocycles. The van der Waals surface area contributed by atoms with Crippen LogP contribution in [-0.2, 0) is 0 Å². The third-order valence-electron chi connectivity index (χ3n) is 6.53. The Balaban J connectivity index is 0.00000111. The van der Waals surface area contributed by atoms with E-state index in [9.17, 15) is 0 Å². The van der Waals surface area contributed by atoms with E-state index in [0.717, 1.165) is 61.9 Å². The van der Waals surface area contributed by atoms with Gasteiger partial charge >= 0.3 is 0 Å². The van der Waals surface area contributed by atoms with Gasteiger partial charge in [0.25, 0.3) is 0 Å². The summed E-state index contributed by atoms with van der Waals surface area (Å²) in [6.45, 7) is 26.7. The number of piperidine rings is 1. The highest BCUT2D eigenvalue weighted by Gasteiger charge is 2.22. The first kappa shape index (κ1) is 38.3. The topological polar surface area (TPSA) is 67.1 Å². The van der Waals surface area contributed by atoms with E-state index in [1.54, 1.807) is 19.1 Å². The first-order chi connectivity index (χ1) is 19.8. The Bertz CT molecular complexity index is 996. The Morgan fingerprint density at radius 2 is 1.68 bits per heavy atom. The molecule has 0 atom stereocenters. The molecular formula is C35H60FN5. The van der Waals surface area contributed by atoms with E-state index in [1.165, 1.54) is 50.1 Å². The number of aromatic nitrogens is 2. The number of halogens is 1. The predicted molar refractivity (Wildman–Crippen MR) is 181 cm³/mol. The van der Waals surface area contributed by atoms with E-state index in [-0.39, 0.29) is 5.57 Å². The summed E-state index contributed by atoms with van der Waals surface area (Å²) in [6.07, 6.45) is 16.7. The summed E-state index contributed by atoms with van der Waals surface area (Å²) >= 11 is 0. The molecule has 0 spiro atoms. The first-order valence-corrected chi connectivity index (χ1v) is 15.9. The number of hydrogen-bond donors (Lipinski definition) is 2. The largest absolute Gasteiger partial charge is 0.405 e. The van der Waals surface area contributed by atoms with Crippen molar-refractivity contribution in [2.24, 2.45) is 11.7 Å². The van der Waals surface area contributed by atoms with Gasteiger partial charge in [-0.3, -0.25) is 0 Å². The maximum atomic E-state index is 15.0. The number of hydrogen-bond acceptors (Lipinski definition) is 5. The van der Waals surface area contributed by atoms with E-state index >= 15 is 4.39 Å². The Hall–Kier alpha value is -2.73. The normalized spacial score (nSPS) is 15.8. The first-order valence-electron chi connectivity index (χ1n) is 15.9. The zero-order valence-corrected chi connectivity index (χ0v) is 27.7. The van der Waals surface area contributed by atoms with E-state index < -0.39 is 5.83 Å². The van der Waals surface area contributed by atoms with Crippen molar-refractivity contribution >= 4 is 17.5 Å². The molecule has 6 heteroatoms. The molecule has 0 unspecified atom stereocenters. The van der Waals surface area contributed by atoms with Crippen molar-refractivity contribution in [1.29, 1.82) is 0 Å². The SMILES string of the molecule is C=C(/C=C\N)/C(=C(F)\C=C/C)c1nc(/C=C(\C)CC)c(C)c(N2CCCCC2)n1.CC.CCC.CCNCC1CC1. The molecule has 1 aromatic rings. The number of anilines is 1. The van der Waals surface area contributed by atoms with Crippen molar-refractivity contribution in [3.05, 3.63) is 65.1 Å². The quantitative estimate of drug-likeness (QED) is 0.275. The van der Waals surface area contributed by atoms with Crippen LogP contribution in [0.2, 0.25) is 0 Å². The molecule has 0 radical (unpaired) electrons. The number of nitrogens with zero attached hydrogens (tertiary/aromatic N) is 3. The van der Waals surface area contributed by atoms with Crippen molar-refractivity contribution in [2.45, 2.75) is 107 Å². The molecule has 1 aliphatic heterocycles. The third-order valence-corrected chi connectivity index (χ3v) is 6.53. The minimum absolute atomic E-state index is 0.270. The van der Waals surface area contributed by atoms with E-state index in [0.29, 0.717) is 11.4 Å². The molecule has 2 fully saturated rings. The second-order valence-electron chi connectivity index (χ2n) is 10.3. The monoisotopic (exact) mass is 569 g/mol. The number of nitrogens with two attached hydrogens (primary N) is 1. The van der Waals surface area contributed by atoms with Crippen LogP contribution in [0, 0.1) is 12.8 Å². The lowest BCUT2D eigenvalue weighted by atomic mass is 10.0. The highest BCUT2D eigenvalue weighted by Crippen LogP contribution is 2.31. The van der Waals surface area contributed by atoms with Crippen LogP contribution >= 0.6 is 0 Å². The molecule has 3 rings (SSSR count). The zero-order chi connectivity index (χ0) is 31.2. The maximum absolute atomic E-state index is 15.0. The summed E-state index contributed by atoms with van der Waals surface area (Å²) in [5.74, 6) is 1.83. The van der Waals surface area contributed by atoms with Gasteiger partial charge in [-0.05, 0) is 108 Å². The Morgan fingerprint density at radius 1 is 1.07 bits per heavy atom. The van der Waals surface area contributed by atoms with Crippen LogP contribution in [0.3, 0.4) is 0 Å². The van der Waals surface area contributed by atoms with E-state index in [2.05, 4.69) is 57.5 Å². The van der Waals surface area contributed by atoms with Gasteiger partial charge in [0.05, 0.1) is 11.3 Å². The molecule has 1 saturated heterocycles. The zero-order valence-electron chi connectivity index (χ0n) is 27.7. The summed E-state index contributed by atoms with van der Waals surface area (Å²) in [5.41, 5.74) is 9.31. The van der Waals surface area contributed by atoms with Gasteiger partial charge in [-0.1, -0.05) is 66.2 Å². The average molecular weight is 570 g/mol. The number of allylic oxidation sites excluding steroid dienone is 7. The van der Waals surface area contributed by atoms with Crippen molar-refractivity contribution in [2.75, 3.05) is 31.1 Å². The number of rotatable bonds is 10. The minimum Gasteiger partial charge on any atom is -0.405 e. The standard InChI is InChI=1S/C24H33FN4.C6H13N.C3H8.C2H6/c1-6-11-20(25)22(18(4)12-13-26)23-27-21(16-17(3)7-2)19(5)24(28-23)29-14-9-8-10-15-29;1-2-7-5-6-3-4-6;1-3-2;1-2/h6,11-13,16H,4,7-10,14-15,26H2,1-3,5H3;6-7H,2-5H2,1H3;3H2,1-2H3;1-2H3/b11-6-,13-12-,17-16+,22-20-;;;. The molecule has 1 aromatic heterocycles. The summed E-state index contributed by atoms with van der Waals surface area (Å²) in [5, 5.41) is 3.31. The second-order valence-corrected chi connectivity index (χ2v) is 10.3. The van der Waals surface area contributed by atoms with Crippen LogP contribution in [0.1, 0.15) is 117 Å². The van der Waals surface area contributed by atoms with Crippen molar-refractivity contribution in [1.82, 2.24) is 15.3 Å². The van der Waals surface area contributed by atoms with Crippen LogP contribution in [0.15, 0.2) is 48.0 Å². The smallest absolute Gasteiger partial charge is 0.165 e. The third kappa shape index (κ3) is 14.6. The average Bonchev–Trinajstić information content (AvgIpc) is 3.81. The van der Waals surface area contributed by atoms with Gasteiger partial charge < -0.3 is 16.0 Å². The molecular weight excluding hydrogens is 509 g/mol. The Labute approximate surface area is 252 Å². The lowest BCUT2D eigenvalue weighted by molar-refractivity contribution is 0.571. The lowest BCUT2D eigenvalue weighted by Crippen LogP contribution is -2.31. The fourth-order valence-corrected chi connectivity index (χ4v) is 4.03. The van der Waals surface area contributed by atoms with Crippen molar-refractivity contribution < 1.29 is 4.39 Å². The van der Waals surface area contributed by atoms with Crippen molar-refractivity contribution in [3.8, 4) is 0 Å². The molecule has 41 heavy (non-hydrogen) atoms. The Morgan fingerprint density at radius 3 is 2.17 bits per heavy atom. The van der Waals surface area contributed by atoms with Gasteiger partial charge in [0, 0.05) is 18.7 Å². The number of nitrogens with one attached hydrogen (secondary N) is 1. The fourth-order valence-electron chi connectivity index (χ4n) is 4.03. The molecule has 5 nitrogen and oxygen atoms in total.